The Balaban J connectivity index is 1.74. The molecule has 3 aromatic rings. The van der Waals surface area contributed by atoms with Crippen molar-refractivity contribution in [1.82, 2.24) is 24.1 Å². The Morgan fingerprint density at radius 3 is 2.74 bits per heavy atom. The molecule has 0 amide bonds. The van der Waals surface area contributed by atoms with Crippen molar-refractivity contribution in [3.63, 3.8) is 0 Å². The molecule has 3 aromatic heterocycles. The van der Waals surface area contributed by atoms with Gasteiger partial charge in [0.15, 0.2) is 5.65 Å². The van der Waals surface area contributed by atoms with Crippen LogP contribution < -0.4 is 15.7 Å². The van der Waals surface area contributed by atoms with E-state index in [1.807, 2.05) is 13.0 Å². The van der Waals surface area contributed by atoms with Crippen molar-refractivity contribution in [3.8, 4) is 5.88 Å². The fraction of sp³-hybridized carbons (Fsp3) is 0.444. The number of hydrogen-bond acceptors (Lipinski definition) is 7. The monoisotopic (exact) mass is 370 g/mol. The average molecular weight is 370 g/mol. The minimum absolute atomic E-state index is 0.0781. The molecule has 0 saturated carbocycles. The van der Waals surface area contributed by atoms with Crippen molar-refractivity contribution >= 4 is 22.8 Å². The number of nitrogens with zero attached hydrogens (tertiary/aromatic N) is 5. The van der Waals surface area contributed by atoms with E-state index in [1.165, 1.54) is 0 Å². The number of aromatic nitrogens is 5. The van der Waals surface area contributed by atoms with Crippen LogP contribution in [0.4, 0.5) is 11.6 Å². The molecule has 0 aromatic carbocycles. The van der Waals surface area contributed by atoms with E-state index in [1.54, 1.807) is 35.6 Å². The Hall–Kier alpha value is -2.94. The first kappa shape index (κ1) is 17.5. The number of methoxy groups -OCH3 is 1. The summed E-state index contributed by atoms with van der Waals surface area (Å²) in [6.07, 6.45) is 3.27. The Morgan fingerprint density at radius 1 is 1.26 bits per heavy atom. The van der Waals surface area contributed by atoms with Crippen LogP contribution in [0.15, 0.2) is 23.1 Å². The second-order valence-corrected chi connectivity index (χ2v) is 6.57. The molecule has 4 rings (SSSR count). The number of imidazole rings is 1. The highest BCUT2D eigenvalue weighted by molar-refractivity contribution is 5.73. The summed E-state index contributed by atoms with van der Waals surface area (Å²) in [5, 5.41) is 3.18. The predicted molar refractivity (Wildman–Crippen MR) is 101 cm³/mol. The number of pyridine rings is 1. The molecular weight excluding hydrogens is 348 g/mol. The molecule has 9 heteroatoms. The largest absolute Gasteiger partial charge is 0.481 e. The molecule has 27 heavy (non-hydrogen) atoms. The third-order valence-electron chi connectivity index (χ3n) is 4.90. The number of fused-ring (bicyclic) bond motifs is 1. The van der Waals surface area contributed by atoms with Crippen LogP contribution in [-0.2, 0) is 11.8 Å². The molecule has 0 bridgehead atoms. The summed E-state index contributed by atoms with van der Waals surface area (Å²) in [4.78, 5) is 26.1. The molecular formula is C18H22N6O3. The second kappa shape index (κ2) is 6.99. The highest BCUT2D eigenvalue weighted by atomic mass is 16.5. The maximum Gasteiger partial charge on any atom is 0.330 e. The zero-order chi connectivity index (χ0) is 19.0. The lowest BCUT2D eigenvalue weighted by Gasteiger charge is -2.22. The predicted octanol–water partition coefficient (Wildman–Crippen LogP) is 1.94. The van der Waals surface area contributed by atoms with E-state index in [4.69, 9.17) is 9.47 Å². The Kier molecular flexibility index (Phi) is 4.53. The quantitative estimate of drug-likeness (QED) is 0.750. The van der Waals surface area contributed by atoms with Gasteiger partial charge in [-0.2, -0.15) is 4.98 Å². The fourth-order valence-corrected chi connectivity index (χ4v) is 3.37. The van der Waals surface area contributed by atoms with E-state index in [-0.39, 0.29) is 11.7 Å². The van der Waals surface area contributed by atoms with Crippen molar-refractivity contribution in [1.29, 1.82) is 0 Å². The first-order valence-electron chi connectivity index (χ1n) is 8.89. The number of ether oxygens (including phenoxy) is 2. The Labute approximate surface area is 156 Å². The zero-order valence-electron chi connectivity index (χ0n) is 15.6. The van der Waals surface area contributed by atoms with Crippen molar-refractivity contribution in [3.05, 3.63) is 34.5 Å². The van der Waals surface area contributed by atoms with Crippen LogP contribution in [-0.4, -0.2) is 44.4 Å². The van der Waals surface area contributed by atoms with E-state index >= 15 is 0 Å². The molecule has 4 heterocycles. The standard InChI is InChI=1S/C18H22N6O3/c1-11-13(4-5-15(20-11)26-3)21-17-19-10-14-16(22-17)24(18(25)23(14)2)12-6-8-27-9-7-12/h4-5,10,12H,6-9H2,1-3H3,(H,19,21,22). The summed E-state index contributed by atoms with van der Waals surface area (Å²) in [6.45, 7) is 3.19. The molecule has 0 atom stereocenters. The zero-order valence-corrected chi connectivity index (χ0v) is 15.6. The number of hydrogen-bond donors (Lipinski definition) is 1. The van der Waals surface area contributed by atoms with Gasteiger partial charge in [0, 0.05) is 32.4 Å². The molecule has 142 valence electrons. The first-order chi connectivity index (χ1) is 13.1. The Morgan fingerprint density at radius 2 is 2.04 bits per heavy atom. The van der Waals surface area contributed by atoms with E-state index in [9.17, 15) is 4.79 Å². The lowest BCUT2D eigenvalue weighted by atomic mass is 10.1. The van der Waals surface area contributed by atoms with Crippen LogP contribution in [0.5, 0.6) is 5.88 Å². The molecule has 0 aliphatic carbocycles. The van der Waals surface area contributed by atoms with E-state index in [0.29, 0.717) is 36.2 Å². The highest BCUT2D eigenvalue weighted by Crippen LogP contribution is 2.25. The molecule has 0 radical (unpaired) electrons. The van der Waals surface area contributed by atoms with Crippen LogP contribution in [0.3, 0.4) is 0 Å². The molecule has 1 aliphatic rings. The van der Waals surface area contributed by atoms with Crippen molar-refractivity contribution < 1.29 is 9.47 Å². The number of rotatable bonds is 4. The first-order valence-corrected chi connectivity index (χ1v) is 8.89. The van der Waals surface area contributed by atoms with Gasteiger partial charge in [0.2, 0.25) is 11.8 Å². The van der Waals surface area contributed by atoms with Crippen molar-refractivity contribution in [2.24, 2.45) is 7.05 Å². The fourth-order valence-electron chi connectivity index (χ4n) is 3.37. The van der Waals surface area contributed by atoms with E-state index < -0.39 is 0 Å². The second-order valence-electron chi connectivity index (χ2n) is 6.57. The molecule has 1 fully saturated rings. The van der Waals surface area contributed by atoms with Gasteiger partial charge < -0.3 is 14.8 Å². The lowest BCUT2D eigenvalue weighted by molar-refractivity contribution is 0.0695. The number of anilines is 2. The van der Waals surface area contributed by atoms with Gasteiger partial charge in [-0.05, 0) is 25.8 Å². The van der Waals surface area contributed by atoms with Gasteiger partial charge in [-0.1, -0.05) is 0 Å². The van der Waals surface area contributed by atoms with Gasteiger partial charge in [0.05, 0.1) is 24.7 Å². The average Bonchev–Trinajstić information content (AvgIpc) is 2.94. The van der Waals surface area contributed by atoms with Gasteiger partial charge in [-0.3, -0.25) is 9.13 Å². The topological polar surface area (TPSA) is 96.1 Å². The minimum atomic E-state index is -0.0781. The third kappa shape index (κ3) is 3.14. The van der Waals surface area contributed by atoms with Crippen molar-refractivity contribution in [2.75, 3.05) is 25.6 Å². The minimum Gasteiger partial charge on any atom is -0.481 e. The molecule has 0 unspecified atom stereocenters. The summed E-state index contributed by atoms with van der Waals surface area (Å²) < 4.78 is 13.9. The lowest BCUT2D eigenvalue weighted by Crippen LogP contribution is -2.30. The van der Waals surface area contributed by atoms with Crippen LogP contribution in [0.25, 0.3) is 11.2 Å². The Bertz CT molecular complexity index is 1040. The summed E-state index contributed by atoms with van der Waals surface area (Å²) in [5.74, 6) is 0.967. The smallest absolute Gasteiger partial charge is 0.330 e. The molecule has 9 nitrogen and oxygen atoms in total. The maximum absolute atomic E-state index is 12.8. The van der Waals surface area contributed by atoms with Crippen LogP contribution in [0.1, 0.15) is 24.6 Å². The summed E-state index contributed by atoms with van der Waals surface area (Å²) in [6, 6.07) is 3.72. The molecule has 1 aliphatic heterocycles. The normalized spacial score (nSPS) is 15.2. The maximum atomic E-state index is 12.8. The van der Waals surface area contributed by atoms with Crippen LogP contribution in [0.2, 0.25) is 0 Å². The number of aryl methyl sites for hydroxylation is 2. The summed E-state index contributed by atoms with van der Waals surface area (Å²) in [5.41, 5.74) is 2.82. The van der Waals surface area contributed by atoms with Crippen LogP contribution in [0, 0.1) is 6.92 Å². The summed E-state index contributed by atoms with van der Waals surface area (Å²) in [7, 11) is 3.32. The van der Waals surface area contributed by atoms with Gasteiger partial charge in [-0.15, -0.1) is 0 Å². The molecule has 0 spiro atoms. The van der Waals surface area contributed by atoms with Gasteiger partial charge in [0.1, 0.15) is 5.52 Å². The molecule has 1 N–H and O–H groups in total. The highest BCUT2D eigenvalue weighted by Gasteiger charge is 2.23. The van der Waals surface area contributed by atoms with Gasteiger partial charge in [-0.25, -0.2) is 14.8 Å². The van der Waals surface area contributed by atoms with Crippen molar-refractivity contribution in [2.45, 2.75) is 25.8 Å². The van der Waals surface area contributed by atoms with Gasteiger partial charge in [0.25, 0.3) is 0 Å². The SMILES string of the molecule is COc1ccc(Nc2ncc3c(n2)n(C2CCOCC2)c(=O)n3C)c(C)n1. The van der Waals surface area contributed by atoms with E-state index in [2.05, 4.69) is 20.3 Å². The third-order valence-corrected chi connectivity index (χ3v) is 4.90. The number of nitrogens with one attached hydrogen (secondary N) is 1. The van der Waals surface area contributed by atoms with Gasteiger partial charge >= 0.3 is 5.69 Å². The van der Waals surface area contributed by atoms with E-state index in [0.717, 1.165) is 24.2 Å². The summed E-state index contributed by atoms with van der Waals surface area (Å²) >= 11 is 0. The molecule has 1 saturated heterocycles. The van der Waals surface area contributed by atoms with Crippen LogP contribution >= 0.6 is 0 Å².